The molecule has 0 radical (unpaired) electrons. The summed E-state index contributed by atoms with van der Waals surface area (Å²) in [5.41, 5.74) is 5.84. The van der Waals surface area contributed by atoms with Crippen molar-refractivity contribution < 1.29 is 8.42 Å². The molecule has 0 saturated carbocycles. The van der Waals surface area contributed by atoms with Gasteiger partial charge in [0.25, 0.3) is 0 Å². The number of nitriles is 1. The van der Waals surface area contributed by atoms with Gasteiger partial charge >= 0.3 is 0 Å². The summed E-state index contributed by atoms with van der Waals surface area (Å²) < 4.78 is 25.0. The first kappa shape index (κ1) is 11.7. The number of nitrogens with one attached hydrogen (secondary N) is 1. The van der Waals surface area contributed by atoms with Gasteiger partial charge in [0, 0.05) is 0 Å². The van der Waals surface area contributed by atoms with Crippen molar-refractivity contribution in [3.63, 3.8) is 0 Å². The zero-order valence-corrected chi connectivity index (χ0v) is 9.84. The second kappa shape index (κ2) is 4.46. The molecule has 1 aromatic heterocycles. The molecule has 0 aliphatic heterocycles. The Kier molecular flexibility index (Phi) is 3.49. The molecular weight excluding hydrogens is 284 g/mol. The fourth-order valence-corrected chi connectivity index (χ4v) is 2.09. The maximum atomic E-state index is 11.2. The van der Waals surface area contributed by atoms with Crippen LogP contribution in [0, 0.1) is 11.3 Å². The van der Waals surface area contributed by atoms with E-state index in [9.17, 15) is 8.42 Å². The summed E-state index contributed by atoms with van der Waals surface area (Å²) in [6.45, 7) is 0. The number of nitrogens with zero attached hydrogens (tertiary/aromatic N) is 2. The molecule has 0 aliphatic carbocycles. The van der Waals surface area contributed by atoms with Gasteiger partial charge in [-0.3, -0.25) is 4.72 Å². The van der Waals surface area contributed by atoms with Gasteiger partial charge < -0.3 is 5.73 Å². The quantitative estimate of drug-likeness (QED) is 0.851. The van der Waals surface area contributed by atoms with Crippen LogP contribution in [0.15, 0.2) is 16.7 Å². The second-order valence-electron chi connectivity index (χ2n) is 2.62. The first-order valence-electron chi connectivity index (χ1n) is 3.73. The second-order valence-corrected chi connectivity index (χ2v) is 5.19. The standard InChI is InChI=1S/C7H7BrN4O2S/c8-6-3-5(10)4-11-7(6)12-15(13,14)2-1-9/h3-4H,2,10H2,(H,11,12). The van der Waals surface area contributed by atoms with Crippen molar-refractivity contribution in [2.24, 2.45) is 0 Å². The summed E-state index contributed by atoms with van der Waals surface area (Å²) in [5.74, 6) is -0.509. The van der Waals surface area contributed by atoms with Gasteiger partial charge in [-0.15, -0.1) is 0 Å². The lowest BCUT2D eigenvalue weighted by molar-refractivity contribution is 0.604. The Balaban J connectivity index is 2.96. The first-order valence-corrected chi connectivity index (χ1v) is 6.17. The summed E-state index contributed by atoms with van der Waals surface area (Å²) in [4.78, 5) is 3.77. The topological polar surface area (TPSA) is 109 Å². The van der Waals surface area contributed by atoms with Crippen LogP contribution in [0.2, 0.25) is 0 Å². The Morgan fingerprint density at radius 3 is 2.87 bits per heavy atom. The van der Waals surface area contributed by atoms with Gasteiger partial charge in [0.1, 0.15) is 0 Å². The summed E-state index contributed by atoms with van der Waals surface area (Å²) in [6.07, 6.45) is 1.31. The molecule has 0 amide bonds. The van der Waals surface area contributed by atoms with E-state index in [1.807, 2.05) is 0 Å². The molecule has 1 rings (SSSR count). The number of pyridine rings is 1. The maximum absolute atomic E-state index is 11.2. The molecule has 1 heterocycles. The molecular formula is C7H7BrN4O2S. The van der Waals surface area contributed by atoms with Crippen molar-refractivity contribution >= 4 is 37.5 Å². The van der Waals surface area contributed by atoms with E-state index in [1.54, 1.807) is 6.07 Å². The first-order chi connectivity index (χ1) is 6.94. The molecule has 0 saturated heterocycles. The molecule has 0 aromatic carbocycles. The lowest BCUT2D eigenvalue weighted by Gasteiger charge is -2.06. The highest BCUT2D eigenvalue weighted by Crippen LogP contribution is 2.22. The van der Waals surface area contributed by atoms with Gasteiger partial charge in [-0.05, 0) is 22.0 Å². The van der Waals surface area contributed by atoms with E-state index < -0.39 is 15.8 Å². The van der Waals surface area contributed by atoms with E-state index in [1.165, 1.54) is 12.3 Å². The predicted octanol–water partition coefficient (Wildman–Crippen LogP) is 0.692. The minimum atomic E-state index is -3.66. The van der Waals surface area contributed by atoms with Gasteiger partial charge in [0.05, 0.1) is 22.4 Å². The van der Waals surface area contributed by atoms with Crippen molar-refractivity contribution in [3.8, 4) is 6.07 Å². The molecule has 15 heavy (non-hydrogen) atoms. The number of anilines is 2. The van der Waals surface area contributed by atoms with Crippen LogP contribution in [-0.2, 0) is 10.0 Å². The molecule has 0 fully saturated rings. The Morgan fingerprint density at radius 1 is 1.67 bits per heavy atom. The lowest BCUT2D eigenvalue weighted by Crippen LogP contribution is -2.16. The summed E-state index contributed by atoms with van der Waals surface area (Å²) in [7, 11) is -3.66. The molecule has 0 aliphatic rings. The summed E-state index contributed by atoms with van der Waals surface area (Å²) >= 11 is 3.10. The predicted molar refractivity (Wildman–Crippen MR) is 59.4 cm³/mol. The highest BCUT2D eigenvalue weighted by atomic mass is 79.9. The van der Waals surface area contributed by atoms with E-state index in [0.717, 1.165) is 0 Å². The highest BCUT2D eigenvalue weighted by Gasteiger charge is 2.12. The van der Waals surface area contributed by atoms with Crippen molar-refractivity contribution in [1.29, 1.82) is 5.26 Å². The van der Waals surface area contributed by atoms with Crippen LogP contribution in [0.4, 0.5) is 11.5 Å². The Morgan fingerprint density at radius 2 is 2.33 bits per heavy atom. The normalized spacial score (nSPS) is 10.7. The molecule has 8 heteroatoms. The van der Waals surface area contributed by atoms with Crippen LogP contribution in [0.5, 0.6) is 0 Å². The van der Waals surface area contributed by atoms with Crippen molar-refractivity contribution in [3.05, 3.63) is 16.7 Å². The number of aromatic nitrogens is 1. The average molecular weight is 291 g/mol. The molecule has 80 valence electrons. The number of hydrogen-bond acceptors (Lipinski definition) is 5. The fraction of sp³-hybridized carbons (Fsp3) is 0.143. The third-order valence-corrected chi connectivity index (χ3v) is 2.99. The third kappa shape index (κ3) is 3.38. The van der Waals surface area contributed by atoms with E-state index in [0.29, 0.717) is 10.2 Å². The average Bonchev–Trinajstić information content (AvgIpc) is 2.09. The van der Waals surface area contributed by atoms with Gasteiger partial charge in [-0.1, -0.05) is 0 Å². The third-order valence-electron chi connectivity index (χ3n) is 1.37. The monoisotopic (exact) mass is 290 g/mol. The number of rotatable bonds is 3. The number of nitrogens with two attached hydrogens (primary N) is 1. The molecule has 1 aromatic rings. The number of halogens is 1. The van der Waals surface area contributed by atoms with E-state index >= 15 is 0 Å². The Bertz CT molecular complexity index is 508. The SMILES string of the molecule is N#CCS(=O)(=O)Nc1ncc(N)cc1Br. The van der Waals surface area contributed by atoms with Gasteiger partial charge in [-0.25, -0.2) is 13.4 Å². The number of hydrogen-bond donors (Lipinski definition) is 2. The van der Waals surface area contributed by atoms with Crippen LogP contribution in [0.1, 0.15) is 0 Å². The molecule has 0 bridgehead atoms. The Hall–Kier alpha value is -1.33. The van der Waals surface area contributed by atoms with Gasteiger partial charge in [0.2, 0.25) is 10.0 Å². The van der Waals surface area contributed by atoms with Crippen molar-refractivity contribution in [1.82, 2.24) is 4.98 Å². The highest BCUT2D eigenvalue weighted by molar-refractivity contribution is 9.10. The van der Waals surface area contributed by atoms with Gasteiger partial charge in [-0.2, -0.15) is 5.26 Å². The van der Waals surface area contributed by atoms with Crippen LogP contribution >= 0.6 is 15.9 Å². The van der Waals surface area contributed by atoms with Crippen molar-refractivity contribution in [2.45, 2.75) is 0 Å². The maximum Gasteiger partial charge on any atom is 0.247 e. The lowest BCUT2D eigenvalue weighted by atomic mass is 10.4. The summed E-state index contributed by atoms with van der Waals surface area (Å²) in [6, 6.07) is 3.05. The zero-order valence-electron chi connectivity index (χ0n) is 7.44. The van der Waals surface area contributed by atoms with Crippen LogP contribution < -0.4 is 10.5 Å². The van der Waals surface area contributed by atoms with Gasteiger partial charge in [0.15, 0.2) is 11.6 Å². The van der Waals surface area contributed by atoms with Crippen LogP contribution in [0.25, 0.3) is 0 Å². The molecule has 6 nitrogen and oxygen atoms in total. The summed E-state index contributed by atoms with van der Waals surface area (Å²) in [5, 5.41) is 8.27. The smallest absolute Gasteiger partial charge is 0.247 e. The fourth-order valence-electron chi connectivity index (χ4n) is 0.796. The van der Waals surface area contributed by atoms with E-state index in [4.69, 9.17) is 11.0 Å². The number of nitrogen functional groups attached to an aromatic ring is 1. The molecule has 0 atom stereocenters. The molecule has 0 unspecified atom stereocenters. The Labute approximate surface area is 95.3 Å². The molecule has 3 N–H and O–H groups in total. The minimum absolute atomic E-state index is 0.111. The number of sulfonamides is 1. The zero-order chi connectivity index (χ0) is 11.5. The van der Waals surface area contributed by atoms with Crippen molar-refractivity contribution in [2.75, 3.05) is 16.2 Å². The minimum Gasteiger partial charge on any atom is -0.397 e. The molecule has 0 spiro atoms. The largest absolute Gasteiger partial charge is 0.397 e. The van der Waals surface area contributed by atoms with Crippen LogP contribution in [-0.4, -0.2) is 19.2 Å². The van der Waals surface area contributed by atoms with E-state index in [2.05, 4.69) is 25.6 Å². The van der Waals surface area contributed by atoms with E-state index in [-0.39, 0.29) is 5.82 Å². The van der Waals surface area contributed by atoms with Crippen LogP contribution in [0.3, 0.4) is 0 Å².